The lowest BCUT2D eigenvalue weighted by molar-refractivity contribution is -0.120. The summed E-state index contributed by atoms with van der Waals surface area (Å²) in [6, 6.07) is 17.5. The molecule has 0 bridgehead atoms. The molecule has 2 atom stereocenters. The van der Waals surface area contributed by atoms with Crippen LogP contribution in [0.3, 0.4) is 0 Å². The molecular weight excluding hydrogens is 398 g/mol. The van der Waals surface area contributed by atoms with Crippen LogP contribution in [0, 0.1) is 0 Å². The van der Waals surface area contributed by atoms with E-state index in [0.29, 0.717) is 18.3 Å². The van der Waals surface area contributed by atoms with Gasteiger partial charge < -0.3 is 15.5 Å². The number of carbonyl (C=O) groups is 1. The molecule has 1 aromatic heterocycles. The van der Waals surface area contributed by atoms with Crippen LogP contribution in [0.15, 0.2) is 59.8 Å². The molecule has 0 saturated carbocycles. The van der Waals surface area contributed by atoms with Gasteiger partial charge in [0.05, 0.1) is 12.6 Å². The van der Waals surface area contributed by atoms with E-state index in [9.17, 15) is 4.79 Å². The van der Waals surface area contributed by atoms with Crippen LogP contribution >= 0.6 is 11.8 Å². The molecule has 1 aliphatic heterocycles. The van der Waals surface area contributed by atoms with Gasteiger partial charge in [-0.3, -0.25) is 4.79 Å². The maximum Gasteiger partial charge on any atom is 0.236 e. The number of aromatic nitrogens is 3. The minimum Gasteiger partial charge on any atom is -0.494 e. The Bertz CT molecular complexity index is 991. The molecule has 2 heterocycles. The average Bonchev–Trinajstić information content (AvgIpc) is 3.21. The molecule has 0 unspecified atom stereocenters. The van der Waals surface area contributed by atoms with Crippen molar-refractivity contribution in [1.82, 2.24) is 20.2 Å². The van der Waals surface area contributed by atoms with E-state index in [0.717, 1.165) is 29.1 Å². The highest BCUT2D eigenvalue weighted by Gasteiger charge is 2.37. The molecule has 0 saturated heterocycles. The maximum atomic E-state index is 12.9. The highest BCUT2D eigenvalue weighted by atomic mass is 32.2. The normalized spacial score (nSPS) is 17.7. The van der Waals surface area contributed by atoms with E-state index in [1.165, 1.54) is 11.8 Å². The van der Waals surface area contributed by atoms with Crippen LogP contribution in [0.1, 0.15) is 31.9 Å². The number of rotatable bonds is 7. The Morgan fingerprint density at radius 1 is 1.13 bits per heavy atom. The number of amides is 1. The Morgan fingerprint density at radius 3 is 2.60 bits per heavy atom. The van der Waals surface area contributed by atoms with Gasteiger partial charge in [-0.15, -0.1) is 10.2 Å². The monoisotopic (exact) mass is 423 g/mol. The second-order valence-electron chi connectivity index (χ2n) is 6.95. The molecule has 30 heavy (non-hydrogen) atoms. The van der Waals surface area contributed by atoms with Crippen molar-refractivity contribution in [2.75, 3.05) is 18.6 Å². The van der Waals surface area contributed by atoms with Gasteiger partial charge in [0.25, 0.3) is 0 Å². The first-order valence-corrected chi connectivity index (χ1v) is 11.0. The van der Waals surface area contributed by atoms with Crippen LogP contribution < -0.4 is 15.5 Å². The molecule has 1 amide bonds. The van der Waals surface area contributed by atoms with Crippen LogP contribution in [0.25, 0.3) is 11.4 Å². The van der Waals surface area contributed by atoms with Gasteiger partial charge >= 0.3 is 0 Å². The zero-order chi connectivity index (χ0) is 20.9. The fourth-order valence-corrected chi connectivity index (χ4v) is 4.47. The average molecular weight is 424 g/mol. The number of benzene rings is 2. The van der Waals surface area contributed by atoms with Crippen LogP contribution in [-0.4, -0.2) is 39.2 Å². The minimum absolute atomic E-state index is 0.0104. The van der Waals surface area contributed by atoms with Crippen molar-refractivity contribution in [1.29, 1.82) is 0 Å². The first-order valence-electron chi connectivity index (χ1n) is 10.2. The quantitative estimate of drug-likeness (QED) is 0.604. The lowest BCUT2D eigenvalue weighted by Gasteiger charge is -2.33. The molecule has 0 spiro atoms. The Morgan fingerprint density at radius 2 is 1.90 bits per heavy atom. The molecule has 0 fully saturated rings. The molecular formula is C22H25N5O2S. The van der Waals surface area contributed by atoms with Crippen molar-refractivity contribution in [2.24, 2.45) is 0 Å². The lowest BCUT2D eigenvalue weighted by atomic mass is 10.0. The van der Waals surface area contributed by atoms with Gasteiger partial charge in [-0.25, -0.2) is 4.68 Å². The third-order valence-corrected chi connectivity index (χ3v) is 6.04. The number of hydrogen-bond acceptors (Lipinski definition) is 6. The predicted molar refractivity (Wildman–Crippen MR) is 118 cm³/mol. The van der Waals surface area contributed by atoms with Crippen molar-refractivity contribution in [2.45, 2.75) is 36.7 Å². The van der Waals surface area contributed by atoms with Gasteiger partial charge in [-0.2, -0.15) is 0 Å². The molecule has 156 valence electrons. The van der Waals surface area contributed by atoms with Crippen molar-refractivity contribution in [3.8, 4) is 17.1 Å². The molecule has 0 aliphatic carbocycles. The predicted octanol–water partition coefficient (Wildman–Crippen LogP) is 3.63. The van der Waals surface area contributed by atoms with Crippen LogP contribution in [0.5, 0.6) is 5.75 Å². The van der Waals surface area contributed by atoms with E-state index < -0.39 is 0 Å². The Labute approximate surface area is 180 Å². The molecule has 2 aromatic carbocycles. The molecule has 2 N–H and O–H groups in total. The van der Waals surface area contributed by atoms with Crippen LogP contribution in [0.4, 0.5) is 0 Å². The zero-order valence-corrected chi connectivity index (χ0v) is 17.9. The van der Waals surface area contributed by atoms with Crippen molar-refractivity contribution >= 4 is 17.7 Å². The van der Waals surface area contributed by atoms with Gasteiger partial charge in [-0.05, 0) is 31.0 Å². The number of nitrogens with zero attached hydrogens (tertiary/aromatic N) is 3. The smallest absolute Gasteiger partial charge is 0.236 e. The largest absolute Gasteiger partial charge is 0.494 e. The summed E-state index contributed by atoms with van der Waals surface area (Å²) in [6.45, 7) is 5.26. The summed E-state index contributed by atoms with van der Waals surface area (Å²) in [7, 11) is 0. The summed E-state index contributed by atoms with van der Waals surface area (Å²) in [4.78, 5) is 12.9. The van der Waals surface area contributed by atoms with Gasteiger partial charge in [0, 0.05) is 12.1 Å². The summed E-state index contributed by atoms with van der Waals surface area (Å²) in [5, 5.41) is 12.0. The molecule has 0 radical (unpaired) electrons. The minimum atomic E-state index is -0.366. The SMILES string of the molecule is CCCNC(=O)[C@H]1Sc2nnc(-c3ccccc3)n2N[C@H]1c1ccc(OCC)cc1. The van der Waals surface area contributed by atoms with Gasteiger partial charge in [0.15, 0.2) is 5.82 Å². The van der Waals surface area contributed by atoms with Crippen LogP contribution in [0.2, 0.25) is 0 Å². The van der Waals surface area contributed by atoms with E-state index in [-0.39, 0.29) is 17.2 Å². The van der Waals surface area contributed by atoms with Crippen molar-refractivity contribution in [3.63, 3.8) is 0 Å². The van der Waals surface area contributed by atoms with Crippen LogP contribution in [-0.2, 0) is 4.79 Å². The molecule has 7 nitrogen and oxygen atoms in total. The van der Waals surface area contributed by atoms with Gasteiger partial charge in [0.2, 0.25) is 11.1 Å². The second-order valence-corrected chi connectivity index (χ2v) is 8.05. The summed E-state index contributed by atoms with van der Waals surface area (Å²) in [5.74, 6) is 1.52. The topological polar surface area (TPSA) is 81.1 Å². The third-order valence-electron chi connectivity index (χ3n) is 4.83. The first-order chi connectivity index (χ1) is 14.7. The second kappa shape index (κ2) is 9.21. The Kier molecular flexibility index (Phi) is 6.23. The van der Waals surface area contributed by atoms with Gasteiger partial charge in [-0.1, -0.05) is 61.2 Å². The summed E-state index contributed by atoms with van der Waals surface area (Å²) in [6.07, 6.45) is 0.888. The Hall–Kier alpha value is -3.00. The highest BCUT2D eigenvalue weighted by molar-refractivity contribution is 8.00. The van der Waals surface area contributed by atoms with E-state index in [2.05, 4.69) is 20.9 Å². The standard InChI is InChI=1S/C22H25N5O2S/c1-3-14-23-21(28)19-18(15-10-12-17(13-11-15)29-4-2)26-27-20(24-25-22(27)30-19)16-8-6-5-7-9-16/h5-13,18-19,26H,3-4,14H2,1-2H3,(H,23,28)/t18-,19-/m0/s1. The van der Waals surface area contributed by atoms with E-state index in [1.54, 1.807) is 0 Å². The lowest BCUT2D eigenvalue weighted by Crippen LogP contribution is -2.44. The van der Waals surface area contributed by atoms with Crippen molar-refractivity contribution < 1.29 is 9.53 Å². The third kappa shape index (κ3) is 4.14. The Balaban J connectivity index is 1.69. The molecule has 8 heteroatoms. The number of ether oxygens (including phenoxy) is 1. The van der Waals surface area contributed by atoms with Crippen molar-refractivity contribution in [3.05, 3.63) is 60.2 Å². The van der Waals surface area contributed by atoms with Gasteiger partial charge in [0.1, 0.15) is 11.0 Å². The number of hydrogen-bond donors (Lipinski definition) is 2. The highest BCUT2D eigenvalue weighted by Crippen LogP contribution is 2.38. The summed E-state index contributed by atoms with van der Waals surface area (Å²) < 4.78 is 7.45. The maximum absolute atomic E-state index is 12.9. The fourth-order valence-electron chi connectivity index (χ4n) is 3.37. The number of thioether (sulfide) groups is 1. The fraction of sp³-hybridized carbons (Fsp3) is 0.318. The van der Waals surface area contributed by atoms with E-state index >= 15 is 0 Å². The first kappa shape index (κ1) is 20.3. The summed E-state index contributed by atoms with van der Waals surface area (Å²) >= 11 is 1.43. The number of carbonyl (C=O) groups excluding carboxylic acids is 1. The molecule has 4 rings (SSSR count). The van der Waals surface area contributed by atoms with E-state index in [4.69, 9.17) is 4.74 Å². The zero-order valence-electron chi connectivity index (χ0n) is 17.0. The molecule has 3 aromatic rings. The summed E-state index contributed by atoms with van der Waals surface area (Å²) in [5.41, 5.74) is 5.45. The number of fused-ring (bicyclic) bond motifs is 1. The molecule has 1 aliphatic rings. The number of nitrogens with one attached hydrogen (secondary N) is 2. The van der Waals surface area contributed by atoms with E-state index in [1.807, 2.05) is 73.1 Å².